The average Bonchev–Trinajstić information content (AvgIpc) is 3.28. The van der Waals surface area contributed by atoms with Crippen molar-refractivity contribution < 1.29 is 52.4 Å². The Morgan fingerprint density at radius 1 is 0.969 bits per heavy atom. The number of cyclic esters (lactones) is 1. The van der Waals surface area contributed by atoms with Gasteiger partial charge in [-0.25, -0.2) is 9.18 Å². The van der Waals surface area contributed by atoms with Crippen LogP contribution < -0.4 is 5.73 Å². The van der Waals surface area contributed by atoms with Gasteiger partial charge in [0.15, 0.2) is 0 Å². The molecule has 13 unspecified atom stereocenters. The van der Waals surface area contributed by atoms with Gasteiger partial charge < -0.3 is 39.4 Å². The lowest BCUT2D eigenvalue weighted by Crippen LogP contribution is -2.64. The molecule has 3 N–H and O–H groups in total. The van der Waals surface area contributed by atoms with Crippen LogP contribution in [0.2, 0.25) is 0 Å². The van der Waals surface area contributed by atoms with Crippen molar-refractivity contribution in [2.45, 2.75) is 167 Å². The van der Waals surface area contributed by atoms with Crippen molar-refractivity contribution in [1.82, 2.24) is 4.90 Å². The topological polar surface area (TPSA) is 164 Å². The van der Waals surface area contributed by atoms with Gasteiger partial charge >= 0.3 is 5.97 Å². The first kappa shape index (κ1) is 51.4. The number of ether oxygens (including phenoxy) is 5. The van der Waals surface area contributed by atoms with E-state index in [0.717, 1.165) is 29.6 Å². The lowest BCUT2D eigenvalue weighted by Gasteiger charge is -2.47. The minimum absolute atomic E-state index is 0.0753. The molecular formula is C51H75FN2O10. The van der Waals surface area contributed by atoms with Crippen LogP contribution in [0, 0.1) is 35.4 Å². The number of carbonyl (C=O) groups is 4. The molecule has 13 atom stereocenters. The third kappa shape index (κ3) is 13.1. The van der Waals surface area contributed by atoms with Crippen molar-refractivity contribution in [2.75, 3.05) is 27.4 Å². The molecule has 1 aromatic rings. The molecule has 2 bridgehead atoms. The molecule has 4 aliphatic rings. The summed E-state index contributed by atoms with van der Waals surface area (Å²) in [5, 5.41) is 12.1. The molecule has 3 aliphatic heterocycles. The maximum atomic E-state index is 14.5. The number of hydrogen-bond donors (Lipinski definition) is 2. The molecule has 3 heterocycles. The van der Waals surface area contributed by atoms with E-state index in [-0.39, 0.29) is 66.8 Å². The Hall–Kier alpha value is -3.59. The molecule has 1 aliphatic carbocycles. The van der Waals surface area contributed by atoms with Gasteiger partial charge in [-0.2, -0.15) is 0 Å². The monoisotopic (exact) mass is 895 g/mol. The molecule has 1 aromatic carbocycles. The number of allylic oxidation sites excluding steroid dienone is 3. The van der Waals surface area contributed by atoms with Gasteiger partial charge in [0.05, 0.1) is 24.9 Å². The van der Waals surface area contributed by atoms with E-state index >= 15 is 0 Å². The number of hydrogen-bond acceptors (Lipinski definition) is 11. The highest BCUT2D eigenvalue weighted by molar-refractivity contribution is 6.39. The van der Waals surface area contributed by atoms with Gasteiger partial charge in [0, 0.05) is 45.1 Å². The number of rotatable bonds is 9. The Morgan fingerprint density at radius 3 is 2.36 bits per heavy atom. The first-order valence-electron chi connectivity index (χ1n) is 23.7. The second-order valence-corrected chi connectivity index (χ2v) is 19.2. The summed E-state index contributed by atoms with van der Waals surface area (Å²) in [6, 6.07) is 5.02. The first-order valence-corrected chi connectivity index (χ1v) is 23.7. The molecule has 1 saturated carbocycles. The molecule has 12 nitrogen and oxygen atoms in total. The van der Waals surface area contributed by atoms with Crippen molar-refractivity contribution >= 4 is 29.5 Å². The van der Waals surface area contributed by atoms with Crippen LogP contribution in [0.1, 0.15) is 124 Å². The van der Waals surface area contributed by atoms with Crippen LogP contribution in [0.15, 0.2) is 53.6 Å². The normalized spacial score (nSPS) is 36.8. The summed E-state index contributed by atoms with van der Waals surface area (Å²) >= 11 is 0. The highest BCUT2D eigenvalue weighted by Crippen LogP contribution is 2.39. The van der Waals surface area contributed by atoms with Crippen LogP contribution in [0.25, 0.3) is 6.08 Å². The standard InChI is InChI=1S/C51H75FN2O10/c1-9-38-26-31(2)25-32(3)27-44(60-7)47-45(61-8)29-35(6)51(59,64-47)48(56)49(57)54-23-11-10-14-41(54)50(58)63-46(33(4)15-22-42(38)55)34(5)28-37-18-21-40(53)43(30-37)62-24-12-13-36-16-19-39(52)20-17-36/h12-13,16-17,19-20,26,28,32-33,35,37-38,40-41,43-47,59H,9-11,14-15,18,21-25,27,29-30,53H2,1-8H3/b13-12?,31-26+,34-28?. The summed E-state index contributed by atoms with van der Waals surface area (Å²) in [5.74, 6) is -6.61. The van der Waals surface area contributed by atoms with E-state index in [0.29, 0.717) is 58.0 Å². The molecule has 13 heteroatoms. The van der Waals surface area contributed by atoms with Crippen LogP contribution in [-0.2, 0) is 42.9 Å². The summed E-state index contributed by atoms with van der Waals surface area (Å²) in [5.41, 5.74) is 9.31. The van der Waals surface area contributed by atoms with Crippen LogP contribution in [0.4, 0.5) is 4.39 Å². The van der Waals surface area contributed by atoms with Gasteiger partial charge in [-0.1, -0.05) is 69.7 Å². The summed E-state index contributed by atoms with van der Waals surface area (Å²) < 4.78 is 44.1. The van der Waals surface area contributed by atoms with Gasteiger partial charge in [0.25, 0.3) is 11.7 Å². The Kier molecular flexibility index (Phi) is 19.1. The minimum Gasteiger partial charge on any atom is -0.456 e. The highest BCUT2D eigenvalue weighted by atomic mass is 19.1. The molecular weight excluding hydrogens is 820 g/mol. The minimum atomic E-state index is -2.48. The van der Waals surface area contributed by atoms with E-state index in [2.05, 4.69) is 19.1 Å². The number of piperidine rings is 1. The summed E-state index contributed by atoms with van der Waals surface area (Å²) in [7, 11) is 3.10. The molecule has 0 radical (unpaired) electrons. The predicted octanol–water partition coefficient (Wildman–Crippen LogP) is 7.69. The Morgan fingerprint density at radius 2 is 1.67 bits per heavy atom. The number of nitrogens with two attached hydrogens (primary N) is 1. The van der Waals surface area contributed by atoms with E-state index in [1.54, 1.807) is 33.3 Å². The number of halogens is 1. The molecule has 356 valence electrons. The molecule has 0 spiro atoms. The van der Waals surface area contributed by atoms with Crippen molar-refractivity contribution in [3.8, 4) is 0 Å². The molecule has 3 fully saturated rings. The second kappa shape index (κ2) is 23.7. The van der Waals surface area contributed by atoms with E-state index in [1.807, 2.05) is 39.8 Å². The number of carbonyl (C=O) groups excluding carboxylic acids is 4. The summed E-state index contributed by atoms with van der Waals surface area (Å²) in [6.45, 7) is 12.2. The number of esters is 1. The van der Waals surface area contributed by atoms with E-state index in [4.69, 9.17) is 29.4 Å². The van der Waals surface area contributed by atoms with Crippen LogP contribution >= 0.6 is 0 Å². The molecule has 2 saturated heterocycles. The Balaban J connectivity index is 1.43. The number of Topliss-reactive ketones (excluding diaryl/α,β-unsaturated/α-hetero) is 2. The number of fused-ring (bicyclic) bond motifs is 3. The lowest BCUT2D eigenvalue weighted by atomic mass is 9.81. The van der Waals surface area contributed by atoms with Crippen molar-refractivity contribution in [1.29, 1.82) is 0 Å². The predicted molar refractivity (Wildman–Crippen MR) is 243 cm³/mol. The fourth-order valence-electron chi connectivity index (χ4n) is 10.3. The van der Waals surface area contributed by atoms with Gasteiger partial charge in [-0.05, 0) is 125 Å². The third-order valence-electron chi connectivity index (χ3n) is 14.1. The molecule has 64 heavy (non-hydrogen) atoms. The molecule has 5 rings (SSSR count). The number of methoxy groups -OCH3 is 2. The first-order chi connectivity index (χ1) is 30.5. The quantitative estimate of drug-likeness (QED) is 0.142. The number of amides is 1. The smallest absolute Gasteiger partial charge is 0.329 e. The second-order valence-electron chi connectivity index (χ2n) is 19.2. The summed E-state index contributed by atoms with van der Waals surface area (Å²) in [6.07, 6.45) is 11.6. The van der Waals surface area contributed by atoms with Gasteiger partial charge in [0.1, 0.15) is 29.9 Å². The van der Waals surface area contributed by atoms with Crippen LogP contribution in [-0.4, -0.2) is 109 Å². The van der Waals surface area contributed by atoms with Gasteiger partial charge in [-0.15, -0.1) is 0 Å². The molecule has 0 aromatic heterocycles. The number of ketones is 2. The van der Waals surface area contributed by atoms with Crippen molar-refractivity contribution in [3.63, 3.8) is 0 Å². The highest BCUT2D eigenvalue weighted by Gasteiger charge is 2.56. The molecule has 1 amide bonds. The summed E-state index contributed by atoms with van der Waals surface area (Å²) in [4.78, 5) is 58.3. The van der Waals surface area contributed by atoms with E-state index < -0.39 is 59.8 Å². The zero-order valence-electron chi connectivity index (χ0n) is 39.5. The maximum absolute atomic E-state index is 14.5. The van der Waals surface area contributed by atoms with Gasteiger partial charge in [0.2, 0.25) is 5.79 Å². The van der Waals surface area contributed by atoms with Crippen LogP contribution in [0.3, 0.4) is 0 Å². The van der Waals surface area contributed by atoms with E-state index in [1.165, 1.54) is 17.0 Å². The van der Waals surface area contributed by atoms with Crippen molar-refractivity contribution in [3.05, 3.63) is 65.0 Å². The van der Waals surface area contributed by atoms with E-state index in [9.17, 15) is 28.7 Å². The number of aliphatic hydroxyl groups is 1. The number of benzene rings is 1. The van der Waals surface area contributed by atoms with Gasteiger partial charge in [-0.3, -0.25) is 14.4 Å². The maximum Gasteiger partial charge on any atom is 0.329 e. The van der Waals surface area contributed by atoms with Crippen molar-refractivity contribution in [2.24, 2.45) is 35.3 Å². The zero-order valence-corrected chi connectivity index (χ0v) is 39.5. The zero-order chi connectivity index (χ0) is 46.7. The largest absolute Gasteiger partial charge is 0.456 e. The fraction of sp³-hybridized carbons (Fsp3) is 0.686. The third-order valence-corrected chi connectivity index (χ3v) is 14.1. The fourth-order valence-corrected chi connectivity index (χ4v) is 10.3. The Bertz CT molecular complexity index is 1830. The lowest BCUT2D eigenvalue weighted by molar-refractivity contribution is -0.302. The average molecular weight is 895 g/mol. The van der Waals surface area contributed by atoms with Crippen LogP contribution in [0.5, 0.6) is 0 Å². The SMILES string of the molecule is CCC1/C=C(\C)CC(C)CC(OC)C2OC(O)(C(=O)C(=O)N3CCCCC3C(=O)OC(C(C)=CC3CCC(N)C(OCC=Cc4ccc(F)cc4)C3)C(C)CCC1=O)C(C)CC2OC. The Labute approximate surface area is 380 Å². The number of nitrogens with zero attached hydrogens (tertiary/aromatic N) is 1.